The van der Waals surface area contributed by atoms with E-state index in [2.05, 4.69) is 81.1 Å². The standard InChI is InChI=1S/C31H30N4O2/c36-31-27(28(20-32-31)25-4-2-1-3-5-25)18-24-10-12-26-29(33-34-30(26)19-24)13-11-22-6-8-23(9-7-22)21-35-14-16-37-17-15-35/h1-13,18-19,28H,14-17,20-21H2,(H,32,36)(H,33,34)/b13-11+,27-18?. The number of hydrogen-bond donors (Lipinski definition) is 2. The van der Waals surface area contributed by atoms with Crippen LogP contribution in [-0.2, 0) is 16.1 Å². The van der Waals surface area contributed by atoms with Crippen molar-refractivity contribution in [2.45, 2.75) is 12.5 Å². The number of rotatable bonds is 6. The smallest absolute Gasteiger partial charge is 0.247 e. The van der Waals surface area contributed by atoms with E-state index < -0.39 is 0 Å². The van der Waals surface area contributed by atoms with E-state index in [4.69, 9.17) is 4.74 Å². The summed E-state index contributed by atoms with van der Waals surface area (Å²) in [6.45, 7) is 5.22. The minimum Gasteiger partial charge on any atom is -0.379 e. The lowest BCUT2D eigenvalue weighted by Crippen LogP contribution is -2.35. The van der Waals surface area contributed by atoms with Crippen molar-refractivity contribution < 1.29 is 9.53 Å². The average Bonchev–Trinajstić information content (AvgIpc) is 3.52. The molecule has 1 amide bonds. The van der Waals surface area contributed by atoms with Gasteiger partial charge in [-0.2, -0.15) is 5.10 Å². The van der Waals surface area contributed by atoms with Crippen LogP contribution in [0.4, 0.5) is 0 Å². The second-order valence-corrected chi connectivity index (χ2v) is 9.65. The Balaban J connectivity index is 1.17. The zero-order chi connectivity index (χ0) is 25.0. The first-order valence-electron chi connectivity index (χ1n) is 12.8. The fourth-order valence-electron chi connectivity index (χ4n) is 5.10. The third-order valence-corrected chi connectivity index (χ3v) is 7.17. The Morgan fingerprint density at radius 1 is 0.946 bits per heavy atom. The number of benzene rings is 3. The van der Waals surface area contributed by atoms with Gasteiger partial charge in [-0.15, -0.1) is 0 Å². The lowest BCUT2D eigenvalue weighted by molar-refractivity contribution is -0.116. The third kappa shape index (κ3) is 5.26. The number of aromatic amines is 1. The summed E-state index contributed by atoms with van der Waals surface area (Å²) in [5.41, 5.74) is 7.23. The van der Waals surface area contributed by atoms with E-state index in [1.807, 2.05) is 30.4 Å². The van der Waals surface area contributed by atoms with Gasteiger partial charge in [0.25, 0.3) is 0 Å². The Labute approximate surface area is 216 Å². The van der Waals surface area contributed by atoms with Gasteiger partial charge in [-0.25, -0.2) is 0 Å². The quantitative estimate of drug-likeness (QED) is 0.379. The van der Waals surface area contributed by atoms with Crippen LogP contribution in [0.1, 0.15) is 33.9 Å². The molecule has 2 saturated heterocycles. The Bertz CT molecular complexity index is 1450. The SMILES string of the molecule is O=C1NCC(c2ccccc2)C1=Cc1ccc2c(/C=C/c3ccc(CN4CCOCC4)cc3)n[nH]c2c1. The molecular weight excluding hydrogens is 460 g/mol. The van der Waals surface area contributed by atoms with Crippen molar-refractivity contribution in [1.29, 1.82) is 0 Å². The van der Waals surface area contributed by atoms with E-state index >= 15 is 0 Å². The van der Waals surface area contributed by atoms with Gasteiger partial charge in [-0.1, -0.05) is 66.7 Å². The number of morpholine rings is 1. The van der Waals surface area contributed by atoms with E-state index in [0.717, 1.165) is 71.7 Å². The van der Waals surface area contributed by atoms with Crippen molar-refractivity contribution in [2.75, 3.05) is 32.8 Å². The molecule has 1 unspecified atom stereocenters. The summed E-state index contributed by atoms with van der Waals surface area (Å²) in [4.78, 5) is 15.0. The van der Waals surface area contributed by atoms with Crippen molar-refractivity contribution >= 4 is 35.0 Å². The van der Waals surface area contributed by atoms with Crippen LogP contribution in [0.2, 0.25) is 0 Å². The number of carbonyl (C=O) groups is 1. The monoisotopic (exact) mass is 490 g/mol. The van der Waals surface area contributed by atoms with Crippen LogP contribution in [0.3, 0.4) is 0 Å². The third-order valence-electron chi connectivity index (χ3n) is 7.17. The van der Waals surface area contributed by atoms with E-state index in [1.54, 1.807) is 0 Å². The molecule has 186 valence electrons. The first-order chi connectivity index (χ1) is 18.2. The number of nitrogens with zero attached hydrogens (tertiary/aromatic N) is 2. The second kappa shape index (κ2) is 10.5. The molecule has 6 heteroatoms. The van der Waals surface area contributed by atoms with Crippen LogP contribution in [0.5, 0.6) is 0 Å². The van der Waals surface area contributed by atoms with Gasteiger partial charge in [0.05, 0.1) is 24.4 Å². The maximum absolute atomic E-state index is 12.6. The van der Waals surface area contributed by atoms with Crippen LogP contribution >= 0.6 is 0 Å². The minimum absolute atomic E-state index is 0.00172. The molecule has 1 aromatic heterocycles. The van der Waals surface area contributed by atoms with E-state index in [0.29, 0.717) is 6.54 Å². The van der Waals surface area contributed by atoms with Crippen LogP contribution < -0.4 is 5.32 Å². The number of amides is 1. The highest BCUT2D eigenvalue weighted by Gasteiger charge is 2.29. The maximum Gasteiger partial charge on any atom is 0.247 e. The Hall–Kier alpha value is -4.00. The molecule has 2 aliphatic heterocycles. The summed E-state index contributed by atoms with van der Waals surface area (Å²) in [5, 5.41) is 11.7. The van der Waals surface area contributed by atoms with Crippen molar-refractivity contribution in [2.24, 2.45) is 0 Å². The number of fused-ring (bicyclic) bond motifs is 1. The molecule has 6 nitrogen and oxygen atoms in total. The van der Waals surface area contributed by atoms with Crippen LogP contribution in [0.15, 0.2) is 78.4 Å². The van der Waals surface area contributed by atoms with Gasteiger partial charge in [0, 0.05) is 43.1 Å². The molecule has 2 fully saturated rings. The van der Waals surface area contributed by atoms with Crippen LogP contribution in [-0.4, -0.2) is 53.9 Å². The molecule has 4 aromatic rings. The van der Waals surface area contributed by atoms with Gasteiger partial charge in [-0.05, 0) is 46.5 Å². The molecule has 37 heavy (non-hydrogen) atoms. The molecule has 3 aromatic carbocycles. The molecule has 1 atom stereocenters. The molecule has 0 spiro atoms. The topological polar surface area (TPSA) is 70.2 Å². The molecule has 2 aliphatic rings. The minimum atomic E-state index is -0.00172. The van der Waals surface area contributed by atoms with Crippen molar-refractivity contribution in [3.05, 3.63) is 106 Å². The summed E-state index contributed by atoms with van der Waals surface area (Å²) >= 11 is 0. The summed E-state index contributed by atoms with van der Waals surface area (Å²) in [7, 11) is 0. The number of hydrogen-bond acceptors (Lipinski definition) is 4. The number of aromatic nitrogens is 2. The predicted octanol–water partition coefficient (Wildman–Crippen LogP) is 4.86. The summed E-state index contributed by atoms with van der Waals surface area (Å²) in [6.07, 6.45) is 6.13. The van der Waals surface area contributed by atoms with Gasteiger partial charge in [0.2, 0.25) is 5.91 Å². The number of nitrogens with one attached hydrogen (secondary N) is 2. The number of ether oxygens (including phenoxy) is 1. The van der Waals surface area contributed by atoms with Crippen molar-refractivity contribution in [1.82, 2.24) is 20.4 Å². The summed E-state index contributed by atoms with van der Waals surface area (Å²) < 4.78 is 5.44. The van der Waals surface area contributed by atoms with Gasteiger partial charge >= 0.3 is 0 Å². The zero-order valence-corrected chi connectivity index (χ0v) is 20.7. The Morgan fingerprint density at radius 3 is 2.54 bits per heavy atom. The molecule has 0 bridgehead atoms. The summed E-state index contributed by atoms with van der Waals surface area (Å²) in [6, 6.07) is 25.1. The van der Waals surface area contributed by atoms with Gasteiger partial charge < -0.3 is 10.1 Å². The molecule has 0 radical (unpaired) electrons. The highest BCUT2D eigenvalue weighted by molar-refractivity contribution is 6.02. The highest BCUT2D eigenvalue weighted by atomic mass is 16.5. The van der Waals surface area contributed by atoms with Crippen LogP contribution in [0, 0.1) is 0 Å². The average molecular weight is 491 g/mol. The fourth-order valence-corrected chi connectivity index (χ4v) is 5.10. The van der Waals surface area contributed by atoms with Crippen molar-refractivity contribution in [3.63, 3.8) is 0 Å². The molecule has 6 rings (SSSR count). The number of carbonyl (C=O) groups excluding carboxylic acids is 1. The second-order valence-electron chi connectivity index (χ2n) is 9.65. The molecule has 3 heterocycles. The van der Waals surface area contributed by atoms with E-state index in [-0.39, 0.29) is 11.8 Å². The van der Waals surface area contributed by atoms with Gasteiger partial charge in [-0.3, -0.25) is 14.8 Å². The Kier molecular flexibility index (Phi) is 6.67. The molecular formula is C31H30N4O2. The first-order valence-corrected chi connectivity index (χ1v) is 12.8. The van der Waals surface area contributed by atoms with Gasteiger partial charge in [0.1, 0.15) is 0 Å². The fraction of sp³-hybridized carbons (Fsp3) is 0.226. The lowest BCUT2D eigenvalue weighted by Gasteiger charge is -2.26. The largest absolute Gasteiger partial charge is 0.379 e. The van der Waals surface area contributed by atoms with Crippen molar-refractivity contribution in [3.8, 4) is 0 Å². The number of H-pyrrole nitrogens is 1. The van der Waals surface area contributed by atoms with E-state index in [1.165, 1.54) is 5.56 Å². The van der Waals surface area contributed by atoms with Crippen LogP contribution in [0.25, 0.3) is 29.1 Å². The predicted molar refractivity (Wildman–Crippen MR) is 148 cm³/mol. The summed E-state index contributed by atoms with van der Waals surface area (Å²) in [5.74, 6) is 0.0584. The lowest BCUT2D eigenvalue weighted by atomic mass is 9.92. The molecule has 0 aliphatic carbocycles. The molecule has 0 saturated carbocycles. The van der Waals surface area contributed by atoms with Gasteiger partial charge in [0.15, 0.2) is 0 Å². The highest BCUT2D eigenvalue weighted by Crippen LogP contribution is 2.30. The maximum atomic E-state index is 12.6. The van der Waals surface area contributed by atoms with E-state index in [9.17, 15) is 4.79 Å². The molecule has 2 N–H and O–H groups in total. The normalized spacial score (nSPS) is 19.7. The first kappa shape index (κ1) is 23.4. The zero-order valence-electron chi connectivity index (χ0n) is 20.7. The Morgan fingerprint density at radius 2 is 1.73 bits per heavy atom.